The normalized spacial score (nSPS) is 11.8. The lowest BCUT2D eigenvalue weighted by Gasteiger charge is -2.14. The Morgan fingerprint density at radius 2 is 0.829 bits per heavy atom. The maximum Gasteiger partial charge on any atom is 0.322 e. The van der Waals surface area contributed by atoms with Gasteiger partial charge in [0.1, 0.15) is 13.2 Å². The van der Waals surface area contributed by atoms with E-state index >= 15 is 0 Å². The van der Waals surface area contributed by atoms with Crippen LogP contribution in [0, 0.1) is 0 Å². The van der Waals surface area contributed by atoms with Gasteiger partial charge in [0.15, 0.2) is 0 Å². The molecular formula is C22H30N8O11. The zero-order chi connectivity index (χ0) is 30.8. The van der Waals surface area contributed by atoms with E-state index in [0.29, 0.717) is 0 Å². The predicted molar refractivity (Wildman–Crippen MR) is 134 cm³/mol. The molecule has 19 nitrogen and oxygen atoms in total. The van der Waals surface area contributed by atoms with Gasteiger partial charge in [-0.3, -0.25) is 52.8 Å². The Kier molecular flexibility index (Phi) is 14.8. The molecule has 224 valence electrons. The second kappa shape index (κ2) is 18.0. The summed E-state index contributed by atoms with van der Waals surface area (Å²) in [6.45, 7) is -3.29. The van der Waals surface area contributed by atoms with E-state index in [0.717, 1.165) is 17.1 Å². The fourth-order valence-corrected chi connectivity index (χ4v) is 2.72. The zero-order valence-electron chi connectivity index (χ0n) is 21.7. The van der Waals surface area contributed by atoms with Gasteiger partial charge in [-0.25, -0.2) is 0 Å². The molecule has 9 amide bonds. The van der Waals surface area contributed by atoms with Gasteiger partial charge in [-0.2, -0.15) is 0 Å². The van der Waals surface area contributed by atoms with Crippen LogP contribution in [0.15, 0.2) is 12.2 Å². The number of nitrogens with zero attached hydrogens (tertiary/aromatic N) is 1. The molecule has 8 N–H and O–H groups in total. The SMILES string of the molecule is O=C(O)CNC(=O)CNC(=O)CNC(=O)CCCC(=O)NCC(=O)NCC(=O)NCC(=O)NCN1C(=O)C=CC1=O. The molecule has 0 unspecified atom stereocenters. The summed E-state index contributed by atoms with van der Waals surface area (Å²) < 4.78 is 0. The maximum atomic E-state index is 11.8. The first-order valence-electron chi connectivity index (χ1n) is 12.0. The minimum absolute atomic E-state index is 0.0968. The van der Waals surface area contributed by atoms with Crippen LogP contribution >= 0.6 is 0 Å². The summed E-state index contributed by atoms with van der Waals surface area (Å²) in [5.74, 6) is -7.01. The molecule has 0 spiro atoms. The molecule has 0 radical (unpaired) electrons. The molecule has 1 aliphatic heterocycles. The second-order valence-electron chi connectivity index (χ2n) is 8.10. The molecule has 0 saturated carbocycles. The van der Waals surface area contributed by atoms with Crippen molar-refractivity contribution in [1.82, 2.24) is 42.1 Å². The fourth-order valence-electron chi connectivity index (χ4n) is 2.72. The van der Waals surface area contributed by atoms with Crippen molar-refractivity contribution in [2.45, 2.75) is 19.3 Å². The van der Waals surface area contributed by atoms with E-state index in [1.54, 1.807) is 0 Å². The molecule has 1 rings (SSSR count). The van der Waals surface area contributed by atoms with Gasteiger partial charge in [0.05, 0.1) is 32.7 Å². The lowest BCUT2D eigenvalue weighted by atomic mass is 10.2. The lowest BCUT2D eigenvalue weighted by molar-refractivity contribution is -0.139. The molecule has 1 aliphatic rings. The lowest BCUT2D eigenvalue weighted by Crippen LogP contribution is -2.46. The standard InChI is InChI=1S/C22H30N8O11/c31-13(2-1-3-14(32)24-7-16(34)26-9-18(36)28-11-22(40)41)23-6-15(33)25-8-17(35)27-10-19(37)29-12-30-20(38)4-5-21(30)39/h4-5H,1-3,6-12H2,(H,23,31)(H,24,32)(H,25,33)(H,26,34)(H,27,35)(H,28,36)(H,29,37)(H,40,41). The zero-order valence-corrected chi connectivity index (χ0v) is 21.7. The van der Waals surface area contributed by atoms with Gasteiger partial charge >= 0.3 is 5.97 Å². The van der Waals surface area contributed by atoms with Crippen molar-refractivity contribution in [2.24, 2.45) is 0 Å². The molecule has 0 aromatic carbocycles. The molecule has 0 aromatic heterocycles. The van der Waals surface area contributed by atoms with Crippen molar-refractivity contribution < 1.29 is 53.1 Å². The van der Waals surface area contributed by atoms with E-state index in [4.69, 9.17) is 5.11 Å². The molecule has 0 aliphatic carbocycles. The molecule has 41 heavy (non-hydrogen) atoms. The van der Waals surface area contributed by atoms with Crippen molar-refractivity contribution in [3.63, 3.8) is 0 Å². The Balaban J connectivity index is 2.08. The molecule has 0 saturated heterocycles. The van der Waals surface area contributed by atoms with E-state index in [1.165, 1.54) is 0 Å². The molecule has 0 fully saturated rings. The summed E-state index contributed by atoms with van der Waals surface area (Å²) in [6.07, 6.45) is 1.97. The average Bonchev–Trinajstić information content (AvgIpc) is 3.25. The number of hydrogen-bond donors (Lipinski definition) is 8. The van der Waals surface area contributed by atoms with Crippen molar-refractivity contribution in [2.75, 3.05) is 45.9 Å². The van der Waals surface area contributed by atoms with Crippen molar-refractivity contribution in [3.05, 3.63) is 12.2 Å². The summed E-state index contributed by atoms with van der Waals surface area (Å²) in [7, 11) is 0. The smallest absolute Gasteiger partial charge is 0.322 e. The molecular weight excluding hydrogens is 552 g/mol. The number of rotatable bonds is 18. The van der Waals surface area contributed by atoms with Gasteiger partial charge in [0.2, 0.25) is 41.4 Å². The fraction of sp³-hybridized carbons (Fsp3) is 0.455. The Morgan fingerprint density at radius 3 is 1.20 bits per heavy atom. The van der Waals surface area contributed by atoms with Crippen LogP contribution in [0.5, 0.6) is 0 Å². The molecule has 1 heterocycles. The first-order chi connectivity index (χ1) is 19.4. The van der Waals surface area contributed by atoms with Crippen LogP contribution in [-0.2, 0) is 47.9 Å². The Bertz CT molecular complexity index is 1090. The molecule has 19 heteroatoms. The van der Waals surface area contributed by atoms with E-state index in [2.05, 4.69) is 31.9 Å². The highest BCUT2D eigenvalue weighted by Gasteiger charge is 2.23. The van der Waals surface area contributed by atoms with E-state index in [-0.39, 0.29) is 25.9 Å². The van der Waals surface area contributed by atoms with Gasteiger partial charge in [-0.15, -0.1) is 0 Å². The summed E-state index contributed by atoms with van der Waals surface area (Å²) in [5, 5.41) is 23.9. The Hall–Kier alpha value is -5.36. The van der Waals surface area contributed by atoms with Crippen LogP contribution in [0.2, 0.25) is 0 Å². The quantitative estimate of drug-likeness (QED) is 0.0704. The minimum Gasteiger partial charge on any atom is -0.480 e. The number of carboxylic acid groups (broad SMARTS) is 1. The highest BCUT2D eigenvalue weighted by molar-refractivity contribution is 6.13. The largest absolute Gasteiger partial charge is 0.480 e. The Labute approximate surface area is 232 Å². The summed E-state index contributed by atoms with van der Waals surface area (Å²) >= 11 is 0. The van der Waals surface area contributed by atoms with Crippen LogP contribution in [0.25, 0.3) is 0 Å². The number of carbonyl (C=O) groups is 10. The van der Waals surface area contributed by atoms with Crippen LogP contribution in [-0.4, -0.2) is 115 Å². The number of amides is 9. The number of aliphatic carboxylic acids is 1. The van der Waals surface area contributed by atoms with E-state index in [9.17, 15) is 47.9 Å². The summed E-state index contributed by atoms with van der Waals surface area (Å²) in [4.78, 5) is 116. The molecule has 0 atom stereocenters. The van der Waals surface area contributed by atoms with E-state index in [1.807, 2.05) is 5.32 Å². The summed E-state index contributed by atoms with van der Waals surface area (Å²) in [6, 6.07) is 0. The third-order valence-electron chi connectivity index (χ3n) is 4.81. The van der Waals surface area contributed by atoms with Gasteiger partial charge in [0, 0.05) is 25.0 Å². The predicted octanol–water partition coefficient (Wildman–Crippen LogP) is -6.06. The first-order valence-corrected chi connectivity index (χ1v) is 12.0. The minimum atomic E-state index is -1.25. The number of hydrogen-bond acceptors (Lipinski definition) is 10. The van der Waals surface area contributed by atoms with Gasteiger partial charge < -0.3 is 42.3 Å². The van der Waals surface area contributed by atoms with Crippen LogP contribution in [0.3, 0.4) is 0 Å². The maximum absolute atomic E-state index is 11.8. The average molecular weight is 583 g/mol. The third-order valence-corrected chi connectivity index (χ3v) is 4.81. The topological polar surface area (TPSA) is 278 Å². The van der Waals surface area contributed by atoms with Gasteiger partial charge in [-0.05, 0) is 6.42 Å². The van der Waals surface area contributed by atoms with E-state index < -0.39 is 98.4 Å². The van der Waals surface area contributed by atoms with Crippen LogP contribution < -0.4 is 37.2 Å². The van der Waals surface area contributed by atoms with Crippen molar-refractivity contribution in [3.8, 4) is 0 Å². The highest BCUT2D eigenvalue weighted by Crippen LogP contribution is 2.00. The van der Waals surface area contributed by atoms with Gasteiger partial charge in [0.25, 0.3) is 11.8 Å². The molecule has 0 aromatic rings. The highest BCUT2D eigenvalue weighted by atomic mass is 16.4. The van der Waals surface area contributed by atoms with Gasteiger partial charge in [-0.1, -0.05) is 0 Å². The van der Waals surface area contributed by atoms with Crippen molar-refractivity contribution >= 4 is 59.1 Å². The summed E-state index contributed by atoms with van der Waals surface area (Å²) in [5.41, 5.74) is 0. The number of nitrogens with one attached hydrogen (secondary N) is 7. The number of carbonyl (C=O) groups excluding carboxylic acids is 9. The molecule has 0 bridgehead atoms. The number of imide groups is 1. The number of carboxylic acids is 1. The Morgan fingerprint density at radius 1 is 0.512 bits per heavy atom. The van der Waals surface area contributed by atoms with Crippen LogP contribution in [0.1, 0.15) is 19.3 Å². The van der Waals surface area contributed by atoms with Crippen molar-refractivity contribution in [1.29, 1.82) is 0 Å². The third kappa shape index (κ3) is 15.6. The monoisotopic (exact) mass is 582 g/mol. The first kappa shape index (κ1) is 33.7. The van der Waals surface area contributed by atoms with Crippen LogP contribution in [0.4, 0.5) is 0 Å². The second-order valence-corrected chi connectivity index (χ2v) is 8.10.